The van der Waals surface area contributed by atoms with Crippen molar-refractivity contribution in [2.75, 3.05) is 13.7 Å². The van der Waals surface area contributed by atoms with Gasteiger partial charge in [-0.2, -0.15) is 0 Å². The minimum absolute atomic E-state index is 0.0802. The molecule has 1 unspecified atom stereocenters. The van der Waals surface area contributed by atoms with Crippen LogP contribution in [0.2, 0.25) is 0 Å². The van der Waals surface area contributed by atoms with E-state index in [-0.39, 0.29) is 12.2 Å². The fourth-order valence-corrected chi connectivity index (χ4v) is 1.82. The van der Waals surface area contributed by atoms with Crippen LogP contribution in [0.5, 0.6) is 0 Å². The van der Waals surface area contributed by atoms with Gasteiger partial charge in [0, 0.05) is 17.1 Å². The van der Waals surface area contributed by atoms with Crippen LogP contribution in [0.4, 0.5) is 4.39 Å². The molecular formula is C11H14BrFO2. The normalized spacial score (nSPS) is 15.0. The largest absolute Gasteiger partial charge is 0.383 e. The number of hydrogen-bond donors (Lipinski definition) is 1. The van der Waals surface area contributed by atoms with Crippen LogP contribution in [0, 0.1) is 5.82 Å². The maximum atomic E-state index is 13.5. The molecule has 0 amide bonds. The van der Waals surface area contributed by atoms with E-state index in [2.05, 4.69) is 15.9 Å². The highest BCUT2D eigenvalue weighted by atomic mass is 79.9. The van der Waals surface area contributed by atoms with Crippen molar-refractivity contribution in [1.29, 1.82) is 0 Å². The third-order valence-corrected chi connectivity index (χ3v) is 2.89. The first-order valence-electron chi connectivity index (χ1n) is 4.70. The Kier molecular flexibility index (Phi) is 4.25. The summed E-state index contributed by atoms with van der Waals surface area (Å²) in [7, 11) is 1.48. The van der Waals surface area contributed by atoms with Gasteiger partial charge in [0.15, 0.2) is 0 Å². The molecule has 0 saturated carbocycles. The molecule has 0 radical (unpaired) electrons. The van der Waals surface area contributed by atoms with E-state index in [0.717, 1.165) is 4.47 Å². The third-order valence-electron chi connectivity index (χ3n) is 2.40. The number of methoxy groups -OCH3 is 1. The second-order valence-corrected chi connectivity index (χ2v) is 4.36. The van der Waals surface area contributed by atoms with Gasteiger partial charge in [0.2, 0.25) is 0 Å². The van der Waals surface area contributed by atoms with Gasteiger partial charge in [0.25, 0.3) is 0 Å². The zero-order valence-corrected chi connectivity index (χ0v) is 10.3. The van der Waals surface area contributed by atoms with E-state index < -0.39 is 11.4 Å². The molecule has 0 aliphatic heterocycles. The monoisotopic (exact) mass is 276 g/mol. The van der Waals surface area contributed by atoms with Gasteiger partial charge in [-0.05, 0) is 24.6 Å². The average molecular weight is 277 g/mol. The zero-order chi connectivity index (χ0) is 11.5. The summed E-state index contributed by atoms with van der Waals surface area (Å²) in [6, 6.07) is 4.51. The van der Waals surface area contributed by atoms with Gasteiger partial charge < -0.3 is 9.84 Å². The summed E-state index contributed by atoms with van der Waals surface area (Å²) in [5.41, 5.74) is -0.996. The highest BCUT2D eigenvalue weighted by Gasteiger charge is 2.30. The van der Waals surface area contributed by atoms with Crippen LogP contribution in [-0.4, -0.2) is 18.8 Å². The summed E-state index contributed by atoms with van der Waals surface area (Å²) in [4.78, 5) is 0. The lowest BCUT2D eigenvalue weighted by Gasteiger charge is -2.26. The van der Waals surface area contributed by atoms with E-state index in [1.165, 1.54) is 13.2 Å². The Balaban J connectivity index is 3.16. The Morgan fingerprint density at radius 2 is 2.20 bits per heavy atom. The SMILES string of the molecule is CCC(O)(COC)c1cc(Br)ccc1F. The first-order chi connectivity index (χ1) is 7.03. The van der Waals surface area contributed by atoms with Gasteiger partial charge >= 0.3 is 0 Å². The summed E-state index contributed by atoms with van der Waals surface area (Å²) in [5.74, 6) is -0.417. The molecule has 84 valence electrons. The van der Waals surface area contributed by atoms with E-state index >= 15 is 0 Å². The van der Waals surface area contributed by atoms with Crippen LogP contribution < -0.4 is 0 Å². The van der Waals surface area contributed by atoms with Crippen LogP contribution in [0.25, 0.3) is 0 Å². The van der Waals surface area contributed by atoms with E-state index in [1.807, 2.05) is 0 Å². The maximum Gasteiger partial charge on any atom is 0.129 e. The summed E-state index contributed by atoms with van der Waals surface area (Å²) in [5, 5.41) is 10.2. The second-order valence-electron chi connectivity index (χ2n) is 3.44. The third kappa shape index (κ3) is 2.77. The first kappa shape index (κ1) is 12.6. The molecule has 4 heteroatoms. The number of aliphatic hydroxyl groups is 1. The zero-order valence-electron chi connectivity index (χ0n) is 8.76. The fraction of sp³-hybridized carbons (Fsp3) is 0.455. The number of halogens is 2. The predicted molar refractivity (Wildman–Crippen MR) is 60.2 cm³/mol. The van der Waals surface area contributed by atoms with Gasteiger partial charge in [0.05, 0.1) is 6.61 Å². The van der Waals surface area contributed by atoms with E-state index in [4.69, 9.17) is 4.74 Å². The standard InChI is InChI=1S/C11H14BrFO2/c1-3-11(14,7-15-2)9-6-8(12)4-5-10(9)13/h4-6,14H,3,7H2,1-2H3. The molecule has 1 rings (SSSR count). The summed E-state index contributed by atoms with van der Waals surface area (Å²) >= 11 is 3.25. The van der Waals surface area contributed by atoms with Crippen molar-refractivity contribution in [3.8, 4) is 0 Å². The summed E-state index contributed by atoms with van der Waals surface area (Å²) in [6.07, 6.45) is 0.397. The Morgan fingerprint density at radius 3 is 2.73 bits per heavy atom. The average Bonchev–Trinajstić information content (AvgIpc) is 2.22. The van der Waals surface area contributed by atoms with Crippen molar-refractivity contribution in [2.24, 2.45) is 0 Å². The smallest absolute Gasteiger partial charge is 0.129 e. The van der Waals surface area contributed by atoms with Gasteiger partial charge in [-0.1, -0.05) is 22.9 Å². The molecular weight excluding hydrogens is 263 g/mol. The number of hydrogen-bond acceptors (Lipinski definition) is 2. The van der Waals surface area contributed by atoms with Gasteiger partial charge in [-0.15, -0.1) is 0 Å². The maximum absolute atomic E-state index is 13.5. The van der Waals surface area contributed by atoms with Crippen LogP contribution in [0.15, 0.2) is 22.7 Å². The topological polar surface area (TPSA) is 29.5 Å². The Labute approximate surface area is 97.2 Å². The quantitative estimate of drug-likeness (QED) is 0.917. The van der Waals surface area contributed by atoms with E-state index in [9.17, 15) is 9.50 Å². The van der Waals surface area contributed by atoms with Gasteiger partial charge in [0.1, 0.15) is 11.4 Å². The number of rotatable bonds is 4. The van der Waals surface area contributed by atoms with Crippen LogP contribution >= 0.6 is 15.9 Å². The van der Waals surface area contributed by atoms with Gasteiger partial charge in [-0.25, -0.2) is 4.39 Å². The van der Waals surface area contributed by atoms with Crippen molar-refractivity contribution in [2.45, 2.75) is 18.9 Å². The molecule has 0 bridgehead atoms. The minimum Gasteiger partial charge on any atom is -0.383 e. The Bertz CT molecular complexity index is 343. The van der Waals surface area contributed by atoms with E-state index in [0.29, 0.717) is 6.42 Å². The van der Waals surface area contributed by atoms with Crippen molar-refractivity contribution in [1.82, 2.24) is 0 Å². The van der Waals surface area contributed by atoms with Crippen molar-refractivity contribution in [3.05, 3.63) is 34.1 Å². The molecule has 0 fully saturated rings. The molecule has 0 heterocycles. The molecule has 0 aromatic heterocycles. The fourth-order valence-electron chi connectivity index (χ4n) is 1.46. The lowest BCUT2D eigenvalue weighted by atomic mass is 9.91. The van der Waals surface area contributed by atoms with Crippen LogP contribution in [-0.2, 0) is 10.3 Å². The number of ether oxygens (including phenoxy) is 1. The highest BCUT2D eigenvalue weighted by Crippen LogP contribution is 2.29. The molecule has 1 atom stereocenters. The van der Waals surface area contributed by atoms with Crippen molar-refractivity contribution in [3.63, 3.8) is 0 Å². The predicted octanol–water partition coefficient (Wildman–Crippen LogP) is 2.83. The number of benzene rings is 1. The molecule has 2 nitrogen and oxygen atoms in total. The van der Waals surface area contributed by atoms with Crippen LogP contribution in [0.1, 0.15) is 18.9 Å². The minimum atomic E-state index is -1.26. The summed E-state index contributed by atoms with van der Waals surface area (Å²) in [6.45, 7) is 1.87. The molecule has 0 spiro atoms. The summed E-state index contributed by atoms with van der Waals surface area (Å²) < 4.78 is 19.2. The molecule has 1 aromatic carbocycles. The Hall–Kier alpha value is -0.450. The Morgan fingerprint density at radius 1 is 1.53 bits per heavy atom. The van der Waals surface area contributed by atoms with Crippen molar-refractivity contribution < 1.29 is 14.2 Å². The van der Waals surface area contributed by atoms with Crippen LogP contribution in [0.3, 0.4) is 0 Å². The van der Waals surface area contributed by atoms with Crippen molar-refractivity contribution >= 4 is 15.9 Å². The highest BCUT2D eigenvalue weighted by molar-refractivity contribution is 9.10. The van der Waals surface area contributed by atoms with E-state index in [1.54, 1.807) is 19.1 Å². The lowest BCUT2D eigenvalue weighted by molar-refractivity contribution is -0.0410. The molecule has 15 heavy (non-hydrogen) atoms. The molecule has 0 aliphatic carbocycles. The molecule has 0 aliphatic rings. The first-order valence-corrected chi connectivity index (χ1v) is 5.49. The molecule has 1 aromatic rings. The molecule has 0 saturated heterocycles. The van der Waals surface area contributed by atoms with Gasteiger partial charge in [-0.3, -0.25) is 0 Å². The molecule has 1 N–H and O–H groups in total. The second kappa shape index (κ2) is 5.05. The lowest BCUT2D eigenvalue weighted by Crippen LogP contribution is -2.31.